The molecular weight excluding hydrogens is 426 g/mol. The maximum Gasteiger partial charge on any atom is 0.246 e. The van der Waals surface area contributed by atoms with Gasteiger partial charge in [0.15, 0.2) is 0 Å². The number of carbonyl (C=O) groups is 2. The molecule has 0 aromatic heterocycles. The minimum Gasteiger partial charge on any atom is -0.495 e. The van der Waals surface area contributed by atoms with E-state index in [-0.39, 0.29) is 23.8 Å². The van der Waals surface area contributed by atoms with Crippen molar-refractivity contribution in [3.8, 4) is 5.75 Å². The molecule has 6 heteroatoms. The van der Waals surface area contributed by atoms with Crippen LogP contribution in [0.15, 0.2) is 48.5 Å². The van der Waals surface area contributed by atoms with Crippen molar-refractivity contribution in [2.45, 2.75) is 64.0 Å². The summed E-state index contributed by atoms with van der Waals surface area (Å²) in [6.45, 7) is 3.51. The van der Waals surface area contributed by atoms with Gasteiger partial charge in [-0.1, -0.05) is 55.7 Å². The zero-order valence-electron chi connectivity index (χ0n) is 20.4. The summed E-state index contributed by atoms with van der Waals surface area (Å²) >= 11 is 0. The average Bonchev–Trinajstić information content (AvgIpc) is 2.86. The largest absolute Gasteiger partial charge is 0.495 e. The van der Waals surface area contributed by atoms with Gasteiger partial charge in [-0.15, -0.1) is 0 Å². The van der Waals surface area contributed by atoms with E-state index in [0.29, 0.717) is 11.4 Å². The summed E-state index contributed by atoms with van der Waals surface area (Å²) in [6.07, 6.45) is 7.31. The molecule has 2 fully saturated rings. The maximum absolute atomic E-state index is 13.6. The highest BCUT2D eigenvalue weighted by molar-refractivity contribution is 5.97. The molecule has 2 aromatic carbocycles. The van der Waals surface area contributed by atoms with Crippen LogP contribution < -0.4 is 15.4 Å². The molecule has 0 radical (unpaired) electrons. The SMILES string of the molecule is COc1ccc(C)cc1NC(=O)C(c1ccccc1)N1CCC(NC(=O)C2CCCCC2)CC1. The molecule has 1 unspecified atom stereocenters. The molecule has 0 spiro atoms. The molecule has 2 aliphatic rings. The molecule has 1 atom stereocenters. The van der Waals surface area contributed by atoms with Gasteiger partial charge in [0, 0.05) is 25.0 Å². The first kappa shape index (κ1) is 24.3. The molecule has 0 bridgehead atoms. The van der Waals surface area contributed by atoms with E-state index >= 15 is 0 Å². The van der Waals surface area contributed by atoms with Crippen LogP contribution in [0.1, 0.15) is 62.1 Å². The van der Waals surface area contributed by atoms with Crippen LogP contribution in [-0.2, 0) is 9.59 Å². The second-order valence-electron chi connectivity index (χ2n) is 9.66. The number of methoxy groups -OCH3 is 1. The van der Waals surface area contributed by atoms with Crippen molar-refractivity contribution in [3.63, 3.8) is 0 Å². The fourth-order valence-corrected chi connectivity index (χ4v) is 5.27. The molecule has 1 saturated carbocycles. The van der Waals surface area contributed by atoms with Gasteiger partial charge in [-0.25, -0.2) is 0 Å². The van der Waals surface area contributed by atoms with Crippen LogP contribution in [0, 0.1) is 12.8 Å². The zero-order valence-corrected chi connectivity index (χ0v) is 20.4. The number of ether oxygens (including phenoxy) is 1. The number of carbonyl (C=O) groups excluding carboxylic acids is 2. The number of benzene rings is 2. The van der Waals surface area contributed by atoms with Crippen LogP contribution in [0.2, 0.25) is 0 Å². The first-order chi connectivity index (χ1) is 16.5. The van der Waals surface area contributed by atoms with Gasteiger partial charge < -0.3 is 15.4 Å². The molecule has 1 aliphatic heterocycles. The Balaban J connectivity index is 1.43. The van der Waals surface area contributed by atoms with Crippen LogP contribution in [0.25, 0.3) is 0 Å². The summed E-state index contributed by atoms with van der Waals surface area (Å²) in [7, 11) is 1.61. The van der Waals surface area contributed by atoms with Gasteiger partial charge in [0.05, 0.1) is 12.8 Å². The average molecular weight is 464 g/mol. The van der Waals surface area contributed by atoms with Crippen LogP contribution >= 0.6 is 0 Å². The van der Waals surface area contributed by atoms with E-state index in [1.54, 1.807) is 7.11 Å². The Labute approximate surface area is 203 Å². The number of anilines is 1. The quantitative estimate of drug-likeness (QED) is 0.616. The fourth-order valence-electron chi connectivity index (χ4n) is 5.27. The first-order valence-electron chi connectivity index (χ1n) is 12.6. The Hall–Kier alpha value is -2.86. The highest BCUT2D eigenvalue weighted by Gasteiger charge is 2.33. The molecule has 182 valence electrons. The molecule has 2 amide bonds. The van der Waals surface area contributed by atoms with Crippen molar-refractivity contribution in [1.82, 2.24) is 10.2 Å². The monoisotopic (exact) mass is 463 g/mol. The van der Waals surface area contributed by atoms with E-state index in [0.717, 1.165) is 62.7 Å². The van der Waals surface area contributed by atoms with Crippen LogP contribution in [0.5, 0.6) is 5.75 Å². The molecule has 6 nitrogen and oxygen atoms in total. The normalized spacial score (nSPS) is 18.8. The van der Waals surface area contributed by atoms with Crippen LogP contribution in [-0.4, -0.2) is 43.0 Å². The molecule has 2 N–H and O–H groups in total. The number of likely N-dealkylation sites (tertiary alicyclic amines) is 1. The van der Waals surface area contributed by atoms with Crippen molar-refractivity contribution in [2.24, 2.45) is 5.92 Å². The predicted molar refractivity (Wildman–Crippen MR) is 135 cm³/mol. The highest BCUT2D eigenvalue weighted by atomic mass is 16.5. The summed E-state index contributed by atoms with van der Waals surface area (Å²) in [5, 5.41) is 6.40. The molecule has 34 heavy (non-hydrogen) atoms. The van der Waals surface area contributed by atoms with Crippen molar-refractivity contribution in [3.05, 3.63) is 59.7 Å². The number of nitrogens with zero attached hydrogens (tertiary/aromatic N) is 1. The van der Waals surface area contributed by atoms with Crippen LogP contribution in [0.4, 0.5) is 5.69 Å². The lowest BCUT2D eigenvalue weighted by molar-refractivity contribution is -0.127. The number of hydrogen-bond acceptors (Lipinski definition) is 4. The number of rotatable bonds is 7. The van der Waals surface area contributed by atoms with E-state index in [9.17, 15) is 9.59 Å². The summed E-state index contributed by atoms with van der Waals surface area (Å²) in [5.74, 6) is 0.982. The number of piperidine rings is 1. The van der Waals surface area contributed by atoms with Gasteiger partial charge >= 0.3 is 0 Å². The van der Waals surface area contributed by atoms with Crippen molar-refractivity contribution >= 4 is 17.5 Å². The smallest absolute Gasteiger partial charge is 0.246 e. The van der Waals surface area contributed by atoms with E-state index in [2.05, 4.69) is 15.5 Å². The fraction of sp³-hybridized carbons (Fsp3) is 0.500. The van der Waals surface area contributed by atoms with E-state index < -0.39 is 6.04 Å². The van der Waals surface area contributed by atoms with E-state index in [4.69, 9.17) is 4.74 Å². The summed E-state index contributed by atoms with van der Waals surface area (Å²) in [5.41, 5.74) is 2.71. The van der Waals surface area contributed by atoms with Gasteiger partial charge in [0.1, 0.15) is 11.8 Å². The number of amides is 2. The highest BCUT2D eigenvalue weighted by Crippen LogP contribution is 2.30. The van der Waals surface area contributed by atoms with Crippen molar-refractivity contribution in [2.75, 3.05) is 25.5 Å². The Morgan fingerprint density at radius 1 is 0.971 bits per heavy atom. The standard InChI is InChI=1S/C28H37N3O3/c1-20-13-14-25(34-2)24(19-20)30-28(33)26(21-9-5-3-6-10-21)31-17-15-23(16-18-31)29-27(32)22-11-7-4-8-12-22/h3,5-6,9-10,13-14,19,22-23,26H,4,7-8,11-12,15-18H2,1-2H3,(H,29,32)(H,30,33). The van der Waals surface area contributed by atoms with Gasteiger partial charge in [0.2, 0.25) is 11.8 Å². The Kier molecular flexibility index (Phi) is 8.22. The van der Waals surface area contributed by atoms with Gasteiger partial charge in [-0.05, 0) is 55.9 Å². The van der Waals surface area contributed by atoms with Crippen molar-refractivity contribution in [1.29, 1.82) is 0 Å². The minimum absolute atomic E-state index is 0.0696. The van der Waals surface area contributed by atoms with Crippen LogP contribution in [0.3, 0.4) is 0 Å². The Morgan fingerprint density at radius 3 is 2.35 bits per heavy atom. The summed E-state index contributed by atoms with van der Waals surface area (Å²) in [6, 6.07) is 15.5. The Bertz CT molecular complexity index is 964. The third-order valence-electron chi connectivity index (χ3n) is 7.19. The third-order valence-corrected chi connectivity index (χ3v) is 7.19. The second kappa shape index (κ2) is 11.5. The van der Waals surface area contributed by atoms with Crippen molar-refractivity contribution < 1.29 is 14.3 Å². The van der Waals surface area contributed by atoms with Gasteiger partial charge in [0.25, 0.3) is 0 Å². The maximum atomic E-state index is 13.6. The third kappa shape index (κ3) is 5.98. The molecule has 1 saturated heterocycles. The summed E-state index contributed by atoms with van der Waals surface area (Å²) in [4.78, 5) is 28.5. The second-order valence-corrected chi connectivity index (χ2v) is 9.66. The molecule has 4 rings (SSSR count). The van der Waals surface area contributed by atoms with E-state index in [1.165, 1.54) is 6.42 Å². The Morgan fingerprint density at radius 2 is 1.68 bits per heavy atom. The lowest BCUT2D eigenvalue weighted by Crippen LogP contribution is -2.49. The lowest BCUT2D eigenvalue weighted by atomic mass is 9.88. The topological polar surface area (TPSA) is 70.7 Å². The number of nitrogens with one attached hydrogen (secondary N) is 2. The molecule has 1 aliphatic carbocycles. The van der Waals surface area contributed by atoms with Gasteiger partial charge in [-0.3, -0.25) is 14.5 Å². The molecule has 1 heterocycles. The number of aryl methyl sites for hydroxylation is 1. The van der Waals surface area contributed by atoms with E-state index in [1.807, 2.05) is 55.5 Å². The summed E-state index contributed by atoms with van der Waals surface area (Å²) < 4.78 is 5.46. The zero-order chi connectivity index (χ0) is 23.9. The predicted octanol–water partition coefficient (Wildman–Crippen LogP) is 4.84. The lowest BCUT2D eigenvalue weighted by Gasteiger charge is -2.37. The first-order valence-corrected chi connectivity index (χ1v) is 12.6. The molecule has 2 aromatic rings. The number of hydrogen-bond donors (Lipinski definition) is 2. The minimum atomic E-state index is -0.401. The van der Waals surface area contributed by atoms with Gasteiger partial charge in [-0.2, -0.15) is 0 Å². The molecular formula is C28H37N3O3.